The smallest absolute Gasteiger partial charge is 0.338 e. The number of ether oxygens (including phenoxy) is 1. The van der Waals surface area contributed by atoms with Crippen LogP contribution in [0.4, 0.5) is 5.69 Å². The van der Waals surface area contributed by atoms with Crippen LogP contribution in [0.3, 0.4) is 0 Å². The number of rotatable bonds is 4. The first-order valence-electron chi connectivity index (χ1n) is 9.84. The Morgan fingerprint density at radius 1 is 1.13 bits per heavy atom. The van der Waals surface area contributed by atoms with Gasteiger partial charge in [0.1, 0.15) is 6.04 Å². The Bertz CT molecular complexity index is 1330. The van der Waals surface area contributed by atoms with Crippen LogP contribution in [0, 0.1) is 0 Å². The van der Waals surface area contributed by atoms with Gasteiger partial charge in [0.05, 0.1) is 18.4 Å². The van der Waals surface area contributed by atoms with Gasteiger partial charge in [0.15, 0.2) is 5.42 Å². The molecule has 0 aliphatic carbocycles. The number of oxazole rings is 1. The number of fused-ring (bicyclic) bond motifs is 1. The third-order valence-corrected chi connectivity index (χ3v) is 5.25. The third kappa shape index (κ3) is 3.70. The second-order valence-corrected chi connectivity index (χ2v) is 7.47. The molecular weight excluding hydrogens is 394 g/mol. The first-order valence-corrected chi connectivity index (χ1v) is 9.84. The zero-order chi connectivity index (χ0) is 22.1. The van der Waals surface area contributed by atoms with E-state index in [1.807, 2.05) is 73.6 Å². The van der Waals surface area contributed by atoms with Crippen LogP contribution in [0.2, 0.25) is 0 Å². The van der Waals surface area contributed by atoms with Gasteiger partial charge in [-0.3, -0.25) is 4.79 Å². The van der Waals surface area contributed by atoms with E-state index in [0.29, 0.717) is 11.3 Å². The highest BCUT2D eigenvalue weighted by Gasteiger charge is 2.33. The van der Waals surface area contributed by atoms with Crippen LogP contribution < -0.4 is 21.6 Å². The number of methoxy groups -OCH3 is 1. The van der Waals surface area contributed by atoms with Crippen molar-refractivity contribution in [2.45, 2.75) is 13.0 Å². The van der Waals surface area contributed by atoms with E-state index in [1.165, 1.54) is 11.7 Å². The van der Waals surface area contributed by atoms with E-state index in [9.17, 15) is 9.59 Å². The van der Waals surface area contributed by atoms with Crippen LogP contribution in [-0.4, -0.2) is 31.7 Å². The summed E-state index contributed by atoms with van der Waals surface area (Å²) in [6.07, 6.45) is 1.68. The molecule has 3 aromatic rings. The third-order valence-electron chi connectivity index (χ3n) is 5.25. The van der Waals surface area contributed by atoms with Crippen molar-refractivity contribution < 1.29 is 13.9 Å². The van der Waals surface area contributed by atoms with Gasteiger partial charge < -0.3 is 14.1 Å². The topological polar surface area (TPSA) is 77.0 Å². The Morgan fingerprint density at radius 3 is 2.42 bits per heavy atom. The first-order chi connectivity index (χ1) is 14.9. The van der Waals surface area contributed by atoms with Gasteiger partial charge >= 0.3 is 11.7 Å². The number of anilines is 1. The van der Waals surface area contributed by atoms with Crippen molar-refractivity contribution in [1.29, 1.82) is 0 Å². The second kappa shape index (κ2) is 8.10. The monoisotopic (exact) mass is 417 g/mol. The van der Waals surface area contributed by atoms with Crippen molar-refractivity contribution in [1.82, 2.24) is 4.57 Å². The lowest BCUT2D eigenvalue weighted by Gasteiger charge is -2.23. The van der Waals surface area contributed by atoms with Gasteiger partial charge in [-0.05, 0) is 36.3 Å². The molecule has 0 bridgehead atoms. The quantitative estimate of drug-likeness (QED) is 0.607. The maximum atomic E-state index is 13.3. The molecule has 4 rings (SSSR count). The van der Waals surface area contributed by atoms with E-state index in [2.05, 4.69) is 4.99 Å². The van der Waals surface area contributed by atoms with Crippen molar-refractivity contribution in [3.05, 3.63) is 98.4 Å². The van der Waals surface area contributed by atoms with Crippen LogP contribution in [0.5, 0.6) is 0 Å². The fourth-order valence-corrected chi connectivity index (χ4v) is 3.66. The number of nitrogens with zero attached hydrogens (tertiary/aromatic N) is 3. The van der Waals surface area contributed by atoms with Crippen LogP contribution in [0.1, 0.15) is 24.1 Å². The molecule has 1 atom stereocenters. The minimum atomic E-state index is -0.685. The van der Waals surface area contributed by atoms with Crippen molar-refractivity contribution in [3.8, 4) is 0 Å². The molecule has 2 heterocycles. The highest BCUT2D eigenvalue weighted by molar-refractivity contribution is 5.91. The molecule has 0 saturated heterocycles. The molecule has 1 unspecified atom stereocenters. The zero-order valence-electron chi connectivity index (χ0n) is 17.8. The van der Waals surface area contributed by atoms with Crippen LogP contribution in [0.15, 0.2) is 80.1 Å². The molecule has 0 spiro atoms. The van der Waals surface area contributed by atoms with Gasteiger partial charge in [-0.15, -0.1) is 0 Å². The molecule has 0 radical (unpaired) electrons. The molecule has 1 aliphatic rings. The fourth-order valence-electron chi connectivity index (χ4n) is 3.66. The largest absolute Gasteiger partial charge is 0.466 e. The summed E-state index contributed by atoms with van der Waals surface area (Å²) < 4.78 is 12.2. The number of esters is 1. The summed E-state index contributed by atoms with van der Waals surface area (Å²) in [7, 11) is 5.24. The lowest BCUT2D eigenvalue weighted by atomic mass is 9.96. The molecule has 2 aromatic carbocycles. The van der Waals surface area contributed by atoms with Crippen LogP contribution in [-0.2, 0) is 9.53 Å². The minimum Gasteiger partial charge on any atom is -0.466 e. The molecular formula is C24H23N3O4. The van der Waals surface area contributed by atoms with E-state index < -0.39 is 12.0 Å². The van der Waals surface area contributed by atoms with E-state index in [0.717, 1.165) is 16.8 Å². The lowest BCUT2D eigenvalue weighted by Crippen LogP contribution is -2.39. The Hall–Kier alpha value is -3.87. The van der Waals surface area contributed by atoms with Gasteiger partial charge in [0.25, 0.3) is 5.56 Å². The zero-order valence-corrected chi connectivity index (χ0v) is 17.8. The summed E-state index contributed by atoms with van der Waals surface area (Å²) in [6, 6.07) is 16.4. The summed E-state index contributed by atoms with van der Waals surface area (Å²) in [5.74, 6) is -0.529. The Kier molecular flexibility index (Phi) is 5.33. The molecule has 1 aromatic heterocycles. The molecule has 7 nitrogen and oxygen atoms in total. The summed E-state index contributed by atoms with van der Waals surface area (Å²) >= 11 is 0. The number of benzene rings is 2. The van der Waals surface area contributed by atoms with E-state index >= 15 is 0 Å². The predicted molar refractivity (Wildman–Crippen MR) is 117 cm³/mol. The first kappa shape index (κ1) is 20.4. The number of carbonyl (C=O) groups excluding carboxylic acids is 1. The minimum absolute atomic E-state index is 0.149. The van der Waals surface area contributed by atoms with E-state index in [4.69, 9.17) is 9.15 Å². The van der Waals surface area contributed by atoms with Gasteiger partial charge in [0, 0.05) is 19.8 Å². The second-order valence-electron chi connectivity index (χ2n) is 7.47. The van der Waals surface area contributed by atoms with Crippen molar-refractivity contribution >= 4 is 17.7 Å². The number of allylic oxidation sites excluding steroid dienone is 1. The molecule has 31 heavy (non-hydrogen) atoms. The number of hydrogen-bond donors (Lipinski definition) is 0. The van der Waals surface area contributed by atoms with Gasteiger partial charge in [-0.2, -0.15) is 0 Å². The maximum Gasteiger partial charge on any atom is 0.338 e. The molecule has 0 N–H and O–H groups in total. The number of aromatic nitrogens is 1. The maximum absolute atomic E-state index is 13.3. The van der Waals surface area contributed by atoms with Crippen molar-refractivity contribution in [2.75, 3.05) is 26.1 Å². The normalized spacial score (nSPS) is 16.0. The molecule has 158 valence electrons. The number of carbonyl (C=O) groups is 1. The predicted octanol–water partition coefficient (Wildman–Crippen LogP) is 2.01. The van der Waals surface area contributed by atoms with E-state index in [1.54, 1.807) is 13.0 Å². The molecule has 0 fully saturated rings. The van der Waals surface area contributed by atoms with E-state index in [-0.39, 0.29) is 16.7 Å². The van der Waals surface area contributed by atoms with Crippen LogP contribution in [0.25, 0.3) is 6.08 Å². The molecule has 0 amide bonds. The lowest BCUT2D eigenvalue weighted by molar-refractivity contribution is -0.136. The summed E-state index contributed by atoms with van der Waals surface area (Å²) in [5.41, 5.74) is 3.35. The Balaban J connectivity index is 1.91. The fraction of sp³-hybridized carbons (Fsp3) is 0.208. The summed E-state index contributed by atoms with van der Waals surface area (Å²) in [4.78, 5) is 32.3. The average Bonchev–Trinajstić information content (AvgIpc) is 3.07. The molecule has 1 aliphatic heterocycles. The molecule has 0 saturated carbocycles. The SMILES string of the molecule is COC(=O)C1=C(C)N=c2oc(=Cc3ccc(N(C)C)cc3)c(=O)n2C1c1ccccc1. The Labute approximate surface area is 179 Å². The Morgan fingerprint density at radius 2 is 1.81 bits per heavy atom. The van der Waals surface area contributed by atoms with Gasteiger partial charge in [0.2, 0.25) is 0 Å². The van der Waals surface area contributed by atoms with Crippen molar-refractivity contribution in [2.24, 2.45) is 4.99 Å². The summed E-state index contributed by atoms with van der Waals surface area (Å²) in [5, 5.41) is 0. The standard InChI is InChI=1S/C24H23N3O4/c1-15-20(23(29)30-4)21(17-8-6-5-7-9-17)27-22(28)19(31-24(27)25-15)14-16-10-12-18(13-11-16)26(2)3/h5-14,21H,1-4H3. The summed E-state index contributed by atoms with van der Waals surface area (Å²) in [6.45, 7) is 1.71. The van der Waals surface area contributed by atoms with Crippen molar-refractivity contribution in [3.63, 3.8) is 0 Å². The van der Waals surface area contributed by atoms with Gasteiger partial charge in [-0.1, -0.05) is 42.5 Å². The highest BCUT2D eigenvalue weighted by Crippen LogP contribution is 2.29. The van der Waals surface area contributed by atoms with Gasteiger partial charge in [-0.25, -0.2) is 14.4 Å². The van der Waals surface area contributed by atoms with Crippen LogP contribution >= 0.6 is 0 Å². The molecule has 7 heteroatoms. The average molecular weight is 417 g/mol. The number of hydrogen-bond acceptors (Lipinski definition) is 6. The highest BCUT2D eigenvalue weighted by atomic mass is 16.5.